The van der Waals surface area contributed by atoms with Crippen molar-refractivity contribution in [2.75, 3.05) is 19.7 Å². The minimum atomic E-state index is -2.96. The number of aliphatic hydroxyl groups excluding tert-OH is 1. The number of hydrogen-bond donors (Lipinski definition) is 1. The van der Waals surface area contributed by atoms with Crippen molar-refractivity contribution in [3.8, 4) is 5.75 Å². The van der Waals surface area contributed by atoms with E-state index >= 15 is 0 Å². The number of carbonyl (C=O) groups excluding carboxylic acids is 1. The Morgan fingerprint density at radius 3 is 2.90 bits per heavy atom. The fourth-order valence-corrected chi connectivity index (χ4v) is 2.68. The van der Waals surface area contributed by atoms with Gasteiger partial charge in [-0.15, -0.1) is 0 Å². The number of alkyl halides is 2. The van der Waals surface area contributed by atoms with Crippen molar-refractivity contribution >= 4 is 5.91 Å². The van der Waals surface area contributed by atoms with Crippen LogP contribution in [0.2, 0.25) is 0 Å². The van der Waals surface area contributed by atoms with Crippen LogP contribution in [0.25, 0.3) is 0 Å². The first-order chi connectivity index (χ1) is 10.1. The summed E-state index contributed by atoms with van der Waals surface area (Å²) in [6, 6.07) is 6.05. The van der Waals surface area contributed by atoms with Gasteiger partial charge in [-0.1, -0.05) is 12.1 Å². The number of rotatable bonds is 5. The average molecular weight is 299 g/mol. The minimum Gasteiger partial charge on any atom is -0.434 e. The first kappa shape index (κ1) is 15.7. The lowest BCUT2D eigenvalue weighted by atomic mass is 9.94. The van der Waals surface area contributed by atoms with Gasteiger partial charge in [-0.25, -0.2) is 0 Å². The molecule has 1 aliphatic heterocycles. The van der Waals surface area contributed by atoms with Gasteiger partial charge in [-0.05, 0) is 37.3 Å². The Morgan fingerprint density at radius 1 is 1.43 bits per heavy atom. The number of piperidine rings is 1. The largest absolute Gasteiger partial charge is 0.434 e. The number of para-hydroxylation sites is 1. The quantitative estimate of drug-likeness (QED) is 0.909. The van der Waals surface area contributed by atoms with Crippen LogP contribution < -0.4 is 4.74 Å². The van der Waals surface area contributed by atoms with E-state index in [9.17, 15) is 13.6 Å². The molecular formula is C15H19F2NO3. The van der Waals surface area contributed by atoms with Crippen LogP contribution in [-0.4, -0.2) is 42.2 Å². The van der Waals surface area contributed by atoms with Gasteiger partial charge in [-0.2, -0.15) is 8.78 Å². The third-order valence-electron chi connectivity index (χ3n) is 3.68. The van der Waals surface area contributed by atoms with Crippen molar-refractivity contribution in [2.24, 2.45) is 5.92 Å². The van der Waals surface area contributed by atoms with Crippen LogP contribution in [0.3, 0.4) is 0 Å². The summed E-state index contributed by atoms with van der Waals surface area (Å²) in [6.07, 6.45) is 2.48. The molecular weight excluding hydrogens is 280 g/mol. The Morgan fingerprint density at radius 2 is 2.19 bits per heavy atom. The molecule has 0 spiro atoms. The van der Waals surface area contributed by atoms with Crippen LogP contribution in [0.5, 0.6) is 5.75 Å². The SMILES string of the molecule is O=C(c1ccccc1OC(F)F)N1CCCC(CCO)C1. The van der Waals surface area contributed by atoms with E-state index in [1.165, 1.54) is 12.1 Å². The normalized spacial score (nSPS) is 18.9. The second-order valence-corrected chi connectivity index (χ2v) is 5.15. The van der Waals surface area contributed by atoms with E-state index in [0.717, 1.165) is 12.8 Å². The molecule has 1 heterocycles. The van der Waals surface area contributed by atoms with E-state index in [1.807, 2.05) is 0 Å². The molecule has 6 heteroatoms. The molecule has 21 heavy (non-hydrogen) atoms. The van der Waals surface area contributed by atoms with Crippen LogP contribution in [0.15, 0.2) is 24.3 Å². The summed E-state index contributed by atoms with van der Waals surface area (Å²) in [7, 11) is 0. The molecule has 1 fully saturated rings. The lowest BCUT2D eigenvalue weighted by molar-refractivity contribution is -0.0503. The number of likely N-dealkylation sites (tertiary alicyclic amines) is 1. The second-order valence-electron chi connectivity index (χ2n) is 5.15. The van der Waals surface area contributed by atoms with Crippen molar-refractivity contribution < 1.29 is 23.4 Å². The smallest absolute Gasteiger partial charge is 0.387 e. The molecule has 2 rings (SSSR count). The highest BCUT2D eigenvalue weighted by Gasteiger charge is 2.26. The highest BCUT2D eigenvalue weighted by Crippen LogP contribution is 2.25. The summed E-state index contributed by atoms with van der Waals surface area (Å²) >= 11 is 0. The molecule has 1 aromatic rings. The van der Waals surface area contributed by atoms with E-state index in [2.05, 4.69) is 4.74 Å². The molecule has 0 aliphatic carbocycles. The van der Waals surface area contributed by atoms with Crippen LogP contribution in [0.4, 0.5) is 8.78 Å². The number of nitrogens with zero attached hydrogens (tertiary/aromatic N) is 1. The van der Waals surface area contributed by atoms with Crippen LogP contribution >= 0.6 is 0 Å². The van der Waals surface area contributed by atoms with Gasteiger partial charge < -0.3 is 14.7 Å². The molecule has 1 aliphatic rings. The number of halogens is 2. The summed E-state index contributed by atoms with van der Waals surface area (Å²) in [6.45, 7) is -1.72. The molecule has 1 aromatic carbocycles. The summed E-state index contributed by atoms with van der Waals surface area (Å²) in [4.78, 5) is 14.1. The number of benzene rings is 1. The van der Waals surface area contributed by atoms with Gasteiger partial charge >= 0.3 is 6.61 Å². The van der Waals surface area contributed by atoms with Crippen molar-refractivity contribution in [2.45, 2.75) is 25.9 Å². The first-order valence-electron chi connectivity index (χ1n) is 7.05. The standard InChI is InChI=1S/C15H19F2NO3/c16-15(17)21-13-6-2-1-5-12(13)14(20)18-8-3-4-11(10-18)7-9-19/h1-2,5-6,11,15,19H,3-4,7-10H2. The molecule has 1 amide bonds. The predicted octanol–water partition coefficient (Wildman–Crippen LogP) is 2.52. The maximum Gasteiger partial charge on any atom is 0.387 e. The van der Waals surface area contributed by atoms with Gasteiger partial charge in [0, 0.05) is 19.7 Å². The van der Waals surface area contributed by atoms with Crippen LogP contribution in [-0.2, 0) is 0 Å². The Balaban J connectivity index is 2.12. The third-order valence-corrected chi connectivity index (χ3v) is 3.68. The van der Waals surface area contributed by atoms with E-state index in [-0.39, 0.29) is 29.7 Å². The Labute approximate surface area is 122 Å². The van der Waals surface area contributed by atoms with Crippen molar-refractivity contribution in [3.05, 3.63) is 29.8 Å². The van der Waals surface area contributed by atoms with Gasteiger partial charge in [0.1, 0.15) is 5.75 Å². The fourth-order valence-electron chi connectivity index (χ4n) is 2.68. The molecule has 1 N–H and O–H groups in total. The third kappa shape index (κ3) is 4.14. The fraction of sp³-hybridized carbons (Fsp3) is 0.533. The topological polar surface area (TPSA) is 49.8 Å². The second kappa shape index (κ2) is 7.36. The van der Waals surface area contributed by atoms with Gasteiger partial charge in [0.15, 0.2) is 0 Å². The maximum absolute atomic E-state index is 12.5. The Bertz CT molecular complexity index is 480. The number of carbonyl (C=O) groups is 1. The molecule has 4 nitrogen and oxygen atoms in total. The van der Waals surface area contributed by atoms with Crippen molar-refractivity contribution in [1.29, 1.82) is 0 Å². The molecule has 1 atom stereocenters. The van der Waals surface area contributed by atoms with Crippen LogP contribution in [0, 0.1) is 5.92 Å². The zero-order valence-corrected chi connectivity index (χ0v) is 11.7. The first-order valence-corrected chi connectivity index (χ1v) is 7.05. The van der Waals surface area contributed by atoms with E-state index < -0.39 is 6.61 Å². The zero-order chi connectivity index (χ0) is 15.2. The highest BCUT2D eigenvalue weighted by atomic mass is 19.3. The molecule has 0 radical (unpaired) electrons. The maximum atomic E-state index is 12.5. The molecule has 0 saturated carbocycles. The van der Waals surface area contributed by atoms with Gasteiger partial charge in [0.25, 0.3) is 5.91 Å². The molecule has 1 unspecified atom stereocenters. The summed E-state index contributed by atoms with van der Waals surface area (Å²) in [5.74, 6) is -0.133. The number of ether oxygens (including phenoxy) is 1. The van der Waals surface area contributed by atoms with Crippen molar-refractivity contribution in [1.82, 2.24) is 4.90 Å². The minimum absolute atomic E-state index is 0.0950. The predicted molar refractivity (Wildman–Crippen MR) is 73.4 cm³/mol. The lowest BCUT2D eigenvalue weighted by Crippen LogP contribution is -2.40. The van der Waals surface area contributed by atoms with Crippen LogP contribution in [0.1, 0.15) is 29.6 Å². The molecule has 0 aromatic heterocycles. The van der Waals surface area contributed by atoms with Crippen molar-refractivity contribution in [3.63, 3.8) is 0 Å². The monoisotopic (exact) mass is 299 g/mol. The molecule has 1 saturated heterocycles. The number of hydrogen-bond acceptors (Lipinski definition) is 3. The average Bonchev–Trinajstić information content (AvgIpc) is 2.47. The van der Waals surface area contributed by atoms with E-state index in [4.69, 9.17) is 5.11 Å². The summed E-state index contributed by atoms with van der Waals surface area (Å²) in [5.41, 5.74) is 0.155. The lowest BCUT2D eigenvalue weighted by Gasteiger charge is -2.33. The zero-order valence-electron chi connectivity index (χ0n) is 11.7. The summed E-state index contributed by atoms with van der Waals surface area (Å²) < 4.78 is 29.2. The summed E-state index contributed by atoms with van der Waals surface area (Å²) in [5, 5.41) is 9.00. The molecule has 0 bridgehead atoms. The molecule has 116 valence electrons. The van der Waals surface area contributed by atoms with Gasteiger partial charge in [-0.3, -0.25) is 4.79 Å². The Hall–Kier alpha value is -1.69. The van der Waals surface area contributed by atoms with Gasteiger partial charge in [0.2, 0.25) is 0 Å². The van der Waals surface area contributed by atoms with E-state index in [1.54, 1.807) is 17.0 Å². The number of aliphatic hydroxyl groups is 1. The van der Waals surface area contributed by atoms with Gasteiger partial charge in [0.05, 0.1) is 5.56 Å². The number of amides is 1. The highest BCUT2D eigenvalue weighted by molar-refractivity contribution is 5.97. The van der Waals surface area contributed by atoms with E-state index in [0.29, 0.717) is 19.5 Å². The Kier molecular flexibility index (Phi) is 5.50.